The average molecular weight is 694 g/mol. The van der Waals surface area contributed by atoms with Gasteiger partial charge >= 0.3 is 0 Å². The number of para-hydroxylation sites is 1. The molecule has 1 aliphatic heterocycles. The van der Waals surface area contributed by atoms with Gasteiger partial charge in [0.1, 0.15) is 16.8 Å². The van der Waals surface area contributed by atoms with Gasteiger partial charge < -0.3 is 14.3 Å². The lowest BCUT2D eigenvalue weighted by atomic mass is 9.91. The molecule has 256 valence electrons. The molecule has 54 heavy (non-hydrogen) atoms. The SMILES string of the molecule is C1=c2oc3cccc(C4NC(c5ccccc5)=Nc5ccccc54)c3c2=CCC1n1c2ccc(-c3ccccc3)cc2c2cc(-c3ccccc3)ccc21. The van der Waals surface area contributed by atoms with Crippen molar-refractivity contribution in [3.63, 3.8) is 0 Å². The fraction of sp³-hybridized carbons (Fsp3) is 0.0600. The van der Waals surface area contributed by atoms with Crippen LogP contribution in [0, 0.1) is 0 Å². The standard InChI is InChI=1S/C50H35N3O/c1-4-13-32(14-5-1)35-23-27-44-41(29-35)42-30-36(33-15-6-2-7-16-33)24-28-45(42)53(44)37-25-26-39-47(31-37)54-46-22-12-20-40(48(39)46)49-38-19-10-11-21-43(38)51-50(52-49)34-17-8-3-9-18-34/h1-24,26-31,37,49H,25H2,(H,51,52). The minimum Gasteiger partial charge on any atom is -0.456 e. The number of hydrogen-bond acceptors (Lipinski definition) is 3. The molecule has 1 N–H and O–H groups in total. The molecule has 0 bridgehead atoms. The summed E-state index contributed by atoms with van der Waals surface area (Å²) in [6.45, 7) is 0. The molecular formula is C50H35N3O. The van der Waals surface area contributed by atoms with Crippen molar-refractivity contribution in [1.29, 1.82) is 0 Å². The summed E-state index contributed by atoms with van der Waals surface area (Å²) >= 11 is 0. The van der Waals surface area contributed by atoms with Crippen molar-refractivity contribution in [2.24, 2.45) is 4.99 Å². The molecular weight excluding hydrogens is 659 g/mol. The van der Waals surface area contributed by atoms with Gasteiger partial charge in [0.15, 0.2) is 0 Å². The topological polar surface area (TPSA) is 42.5 Å². The molecule has 9 aromatic rings. The van der Waals surface area contributed by atoms with Crippen LogP contribution in [-0.4, -0.2) is 10.4 Å². The van der Waals surface area contributed by atoms with Crippen LogP contribution in [0.4, 0.5) is 5.69 Å². The van der Waals surface area contributed by atoms with Gasteiger partial charge in [-0.1, -0.05) is 140 Å². The first-order valence-corrected chi connectivity index (χ1v) is 18.7. The number of benzene rings is 7. The van der Waals surface area contributed by atoms with Crippen LogP contribution < -0.4 is 16.0 Å². The van der Waals surface area contributed by atoms with E-state index >= 15 is 0 Å². The Bertz CT molecular complexity index is 2950. The van der Waals surface area contributed by atoms with Gasteiger partial charge in [0.25, 0.3) is 0 Å². The Balaban J connectivity index is 1.07. The molecule has 0 saturated carbocycles. The van der Waals surface area contributed by atoms with Crippen LogP contribution in [0.2, 0.25) is 0 Å². The van der Waals surface area contributed by atoms with Gasteiger partial charge in [-0.05, 0) is 76.7 Å². The monoisotopic (exact) mass is 693 g/mol. The van der Waals surface area contributed by atoms with Gasteiger partial charge in [0.2, 0.25) is 0 Å². The Kier molecular flexibility index (Phi) is 7.02. The molecule has 2 atom stereocenters. The molecule has 4 nitrogen and oxygen atoms in total. The highest BCUT2D eigenvalue weighted by Gasteiger charge is 2.28. The number of rotatable bonds is 5. The highest BCUT2D eigenvalue weighted by molar-refractivity contribution is 6.11. The Hall–Kier alpha value is -6.91. The molecule has 2 aromatic heterocycles. The third-order valence-electron chi connectivity index (χ3n) is 11.2. The second-order valence-corrected chi connectivity index (χ2v) is 14.3. The molecule has 7 aromatic carbocycles. The van der Waals surface area contributed by atoms with E-state index in [0.717, 1.165) is 45.5 Å². The van der Waals surface area contributed by atoms with Crippen molar-refractivity contribution in [3.8, 4) is 22.3 Å². The van der Waals surface area contributed by atoms with Gasteiger partial charge in [-0.25, -0.2) is 4.99 Å². The number of nitrogens with one attached hydrogen (secondary N) is 1. The quantitative estimate of drug-likeness (QED) is 0.195. The van der Waals surface area contributed by atoms with Crippen molar-refractivity contribution in [2.45, 2.75) is 18.5 Å². The zero-order chi connectivity index (χ0) is 35.6. The third kappa shape index (κ3) is 4.95. The highest BCUT2D eigenvalue weighted by Crippen LogP contribution is 2.40. The summed E-state index contributed by atoms with van der Waals surface area (Å²) in [6.07, 6.45) is 5.58. The summed E-state index contributed by atoms with van der Waals surface area (Å²) in [7, 11) is 0. The van der Waals surface area contributed by atoms with E-state index in [1.165, 1.54) is 54.8 Å². The Labute approximate surface area is 312 Å². The van der Waals surface area contributed by atoms with Crippen LogP contribution in [0.1, 0.15) is 35.2 Å². The molecule has 2 unspecified atom stereocenters. The summed E-state index contributed by atoms with van der Waals surface area (Å²) in [6, 6.07) is 60.5. The van der Waals surface area contributed by atoms with Crippen LogP contribution >= 0.6 is 0 Å². The van der Waals surface area contributed by atoms with Crippen molar-refractivity contribution in [3.05, 3.63) is 197 Å². The predicted octanol–water partition coefficient (Wildman–Crippen LogP) is 10.9. The van der Waals surface area contributed by atoms with E-state index in [1.807, 2.05) is 6.07 Å². The van der Waals surface area contributed by atoms with E-state index in [4.69, 9.17) is 9.41 Å². The lowest BCUT2D eigenvalue weighted by Gasteiger charge is -2.28. The summed E-state index contributed by atoms with van der Waals surface area (Å²) < 4.78 is 9.29. The van der Waals surface area contributed by atoms with E-state index in [-0.39, 0.29) is 12.1 Å². The Morgan fingerprint density at radius 3 is 1.81 bits per heavy atom. The fourth-order valence-electron chi connectivity index (χ4n) is 8.67. The highest BCUT2D eigenvalue weighted by atomic mass is 16.3. The molecule has 3 heterocycles. The zero-order valence-corrected chi connectivity index (χ0v) is 29.5. The van der Waals surface area contributed by atoms with Crippen LogP contribution in [0.3, 0.4) is 0 Å². The average Bonchev–Trinajstić information content (AvgIpc) is 3.79. The van der Waals surface area contributed by atoms with Gasteiger partial charge in [-0.2, -0.15) is 0 Å². The van der Waals surface area contributed by atoms with E-state index in [0.29, 0.717) is 0 Å². The van der Waals surface area contributed by atoms with Crippen LogP contribution in [-0.2, 0) is 0 Å². The normalized spacial score (nSPS) is 16.3. The number of amidine groups is 1. The molecule has 0 saturated heterocycles. The lowest BCUT2D eigenvalue weighted by Crippen LogP contribution is -2.34. The molecule has 0 amide bonds. The predicted molar refractivity (Wildman–Crippen MR) is 222 cm³/mol. The maximum Gasteiger partial charge on any atom is 0.135 e. The van der Waals surface area contributed by atoms with E-state index in [9.17, 15) is 0 Å². The first-order chi connectivity index (χ1) is 26.8. The smallest absolute Gasteiger partial charge is 0.135 e. The van der Waals surface area contributed by atoms with Gasteiger partial charge in [0.05, 0.1) is 17.8 Å². The van der Waals surface area contributed by atoms with E-state index in [2.05, 4.69) is 186 Å². The van der Waals surface area contributed by atoms with E-state index < -0.39 is 0 Å². The van der Waals surface area contributed by atoms with Gasteiger partial charge in [-0.15, -0.1) is 0 Å². The largest absolute Gasteiger partial charge is 0.456 e. The van der Waals surface area contributed by atoms with Gasteiger partial charge in [0, 0.05) is 43.5 Å². The van der Waals surface area contributed by atoms with Crippen molar-refractivity contribution < 1.29 is 4.42 Å². The third-order valence-corrected chi connectivity index (χ3v) is 11.2. The van der Waals surface area contributed by atoms with E-state index in [1.54, 1.807) is 0 Å². The van der Waals surface area contributed by atoms with Crippen molar-refractivity contribution >= 4 is 56.5 Å². The summed E-state index contributed by atoms with van der Waals surface area (Å²) in [4.78, 5) is 5.05. The second kappa shape index (κ2) is 12.4. The molecule has 4 heteroatoms. The second-order valence-electron chi connectivity index (χ2n) is 14.3. The molecule has 2 aliphatic rings. The Morgan fingerprint density at radius 1 is 0.556 bits per heavy atom. The molecule has 0 spiro atoms. The number of aliphatic imine (C=N–C) groups is 1. The maximum atomic E-state index is 6.77. The zero-order valence-electron chi connectivity index (χ0n) is 29.5. The Morgan fingerprint density at radius 2 is 1.15 bits per heavy atom. The molecule has 11 rings (SSSR count). The van der Waals surface area contributed by atoms with Crippen molar-refractivity contribution in [2.75, 3.05) is 0 Å². The fourth-order valence-corrected chi connectivity index (χ4v) is 8.67. The van der Waals surface area contributed by atoms with Crippen LogP contribution in [0.5, 0.6) is 0 Å². The molecule has 1 aliphatic carbocycles. The number of hydrogen-bond donors (Lipinski definition) is 1. The molecule has 0 radical (unpaired) electrons. The number of furan rings is 1. The minimum atomic E-state index is -0.0830. The summed E-state index contributed by atoms with van der Waals surface area (Å²) in [5.74, 6) is 0.876. The number of fused-ring (bicyclic) bond motifs is 7. The number of aromatic nitrogens is 1. The first kappa shape index (κ1) is 30.7. The van der Waals surface area contributed by atoms with Crippen LogP contribution in [0.15, 0.2) is 179 Å². The maximum absolute atomic E-state index is 6.77. The lowest BCUT2D eigenvalue weighted by molar-refractivity contribution is 0.560. The summed E-state index contributed by atoms with van der Waals surface area (Å²) in [5, 5.41) is 8.65. The van der Waals surface area contributed by atoms with Gasteiger partial charge in [-0.3, -0.25) is 0 Å². The van der Waals surface area contributed by atoms with Crippen molar-refractivity contribution in [1.82, 2.24) is 9.88 Å². The molecule has 0 fully saturated rings. The first-order valence-electron chi connectivity index (χ1n) is 18.7. The summed E-state index contributed by atoms with van der Waals surface area (Å²) in [5.41, 5.74) is 13.6. The minimum absolute atomic E-state index is 0.0806. The van der Waals surface area contributed by atoms with Crippen LogP contribution in [0.25, 0.3) is 67.2 Å². The number of nitrogens with zero attached hydrogens (tertiary/aromatic N) is 2.